The van der Waals surface area contributed by atoms with Gasteiger partial charge >= 0.3 is 11.6 Å². The number of urea groups is 1. The van der Waals surface area contributed by atoms with E-state index in [9.17, 15) is 9.59 Å². The molecule has 0 saturated heterocycles. The first-order valence-electron chi connectivity index (χ1n) is 4.49. The molecule has 1 heterocycles. The second-order valence-corrected chi connectivity index (χ2v) is 3.07. The molecule has 80 valence electrons. The Bertz CT molecular complexity index is 612. The average Bonchev–Trinajstić information content (AvgIpc) is 2.39. The number of nitrogens with zero attached hydrogens (tertiary/aromatic N) is 2. The van der Waals surface area contributed by atoms with E-state index in [1.54, 1.807) is 24.3 Å². The summed E-state index contributed by atoms with van der Waals surface area (Å²) in [6.07, 6.45) is 1.45. The van der Waals surface area contributed by atoms with Gasteiger partial charge in [-0.3, -0.25) is 10.1 Å². The van der Waals surface area contributed by atoms with Crippen LogP contribution in [0.1, 0.15) is 0 Å². The largest absolute Gasteiger partial charge is 0.351 e. The Morgan fingerprint density at radius 2 is 2.06 bits per heavy atom. The lowest BCUT2D eigenvalue weighted by Crippen LogP contribution is -2.24. The molecule has 2 rings (SSSR count). The van der Waals surface area contributed by atoms with Crippen molar-refractivity contribution in [1.82, 2.24) is 9.97 Å². The van der Waals surface area contributed by atoms with Crippen molar-refractivity contribution in [2.45, 2.75) is 0 Å². The lowest BCUT2D eigenvalue weighted by Gasteiger charge is -1.92. The first kappa shape index (κ1) is 10.0. The van der Waals surface area contributed by atoms with E-state index in [1.807, 2.05) is 0 Å². The molecule has 0 fully saturated rings. The summed E-state index contributed by atoms with van der Waals surface area (Å²) in [6, 6.07) is 6.17. The Labute approximate surface area is 90.1 Å². The molecule has 16 heavy (non-hydrogen) atoms. The first-order valence-corrected chi connectivity index (χ1v) is 4.49. The maximum Gasteiger partial charge on any atom is 0.317 e. The van der Waals surface area contributed by atoms with Gasteiger partial charge in [-0.2, -0.15) is 0 Å². The van der Waals surface area contributed by atoms with Crippen molar-refractivity contribution in [3.05, 3.63) is 40.8 Å². The van der Waals surface area contributed by atoms with Gasteiger partial charge < -0.3 is 5.73 Å². The van der Waals surface area contributed by atoms with Gasteiger partial charge in [-0.05, 0) is 6.07 Å². The lowest BCUT2D eigenvalue weighted by molar-refractivity contribution is 0.259. The fraction of sp³-hybridized carbons (Fsp3) is 0. The topological polar surface area (TPSA) is 98.0 Å². The highest BCUT2D eigenvalue weighted by Crippen LogP contribution is 2.06. The number of carbonyl (C=O) groups excluding carboxylic acids is 1. The average molecular weight is 216 g/mol. The molecule has 0 aliphatic heterocycles. The number of primary amides is 1. The van der Waals surface area contributed by atoms with Gasteiger partial charge in [0.15, 0.2) is 0 Å². The predicted octanol–water partition coefficient (Wildman–Crippen LogP) is 0.481. The number of fused-ring (bicyclic) bond motifs is 1. The summed E-state index contributed by atoms with van der Waals surface area (Å²) in [5.41, 5.74) is 4.79. The van der Waals surface area contributed by atoms with Gasteiger partial charge in [-0.25, -0.2) is 14.8 Å². The van der Waals surface area contributed by atoms with E-state index in [0.717, 1.165) is 0 Å². The van der Waals surface area contributed by atoms with E-state index >= 15 is 0 Å². The molecule has 0 aliphatic carbocycles. The fourth-order valence-corrected chi connectivity index (χ4v) is 1.25. The van der Waals surface area contributed by atoms with Crippen molar-refractivity contribution in [2.75, 3.05) is 5.32 Å². The van der Waals surface area contributed by atoms with E-state index in [0.29, 0.717) is 10.9 Å². The Balaban J connectivity index is 2.67. The summed E-state index contributed by atoms with van der Waals surface area (Å²) in [5, 5.41) is 2.83. The van der Waals surface area contributed by atoms with Crippen LogP contribution in [0.4, 0.5) is 10.6 Å². The van der Waals surface area contributed by atoms with Crippen molar-refractivity contribution >= 4 is 22.8 Å². The molecule has 2 amide bonds. The Morgan fingerprint density at radius 3 is 2.81 bits per heavy atom. The van der Waals surface area contributed by atoms with Gasteiger partial charge in [0.05, 0.1) is 5.52 Å². The molecule has 0 aliphatic rings. The number of nitrogens with two attached hydrogens (primary N) is 1. The number of hydrogen-bond donors (Lipinski definition) is 2. The van der Waals surface area contributed by atoms with Crippen molar-refractivity contribution in [3.8, 4) is 0 Å². The maximum absolute atomic E-state index is 11.5. The lowest BCUT2D eigenvalue weighted by atomic mass is 10.2. The SMILES string of the molecule is NC(=O)Nc1ncc2ccccc2nc1=O. The maximum atomic E-state index is 11.5. The van der Waals surface area contributed by atoms with Gasteiger partial charge in [-0.15, -0.1) is 0 Å². The van der Waals surface area contributed by atoms with E-state index < -0.39 is 11.6 Å². The van der Waals surface area contributed by atoms with Crippen molar-refractivity contribution in [2.24, 2.45) is 5.73 Å². The highest BCUT2D eigenvalue weighted by atomic mass is 16.2. The third-order valence-electron chi connectivity index (χ3n) is 1.94. The Hall–Kier alpha value is -2.50. The van der Waals surface area contributed by atoms with E-state index in [4.69, 9.17) is 5.73 Å². The summed E-state index contributed by atoms with van der Waals surface area (Å²) in [5.74, 6) is -0.177. The standard InChI is InChI=1S/C10H8N4O2/c11-10(16)14-8-9(15)13-7-4-2-1-3-6(7)5-12-8/h1-5H,(H3,11,12,13,14,15,16). The van der Waals surface area contributed by atoms with Crippen LogP contribution in [0.2, 0.25) is 0 Å². The smallest absolute Gasteiger partial charge is 0.317 e. The summed E-state index contributed by atoms with van der Waals surface area (Å²) in [6.45, 7) is 0. The minimum absolute atomic E-state index is 0.177. The normalized spacial score (nSPS) is 10.0. The number of aromatic nitrogens is 2. The van der Waals surface area contributed by atoms with Crippen molar-refractivity contribution < 1.29 is 4.79 Å². The Morgan fingerprint density at radius 1 is 1.31 bits per heavy atom. The number of amides is 2. The molecule has 0 unspecified atom stereocenters. The van der Waals surface area contributed by atoms with Crippen LogP contribution in [0.5, 0.6) is 0 Å². The van der Waals surface area contributed by atoms with Crippen LogP contribution < -0.4 is 16.6 Å². The van der Waals surface area contributed by atoms with Crippen LogP contribution in [0.25, 0.3) is 10.9 Å². The molecule has 3 N–H and O–H groups in total. The number of hydrogen-bond acceptors (Lipinski definition) is 4. The molecule has 2 aromatic rings. The second-order valence-electron chi connectivity index (χ2n) is 3.07. The van der Waals surface area contributed by atoms with E-state index in [2.05, 4.69) is 15.3 Å². The Kier molecular flexibility index (Phi) is 2.47. The molecule has 0 saturated carbocycles. The predicted molar refractivity (Wildman–Crippen MR) is 59.0 cm³/mol. The third-order valence-corrected chi connectivity index (χ3v) is 1.94. The van der Waals surface area contributed by atoms with E-state index in [-0.39, 0.29) is 5.82 Å². The van der Waals surface area contributed by atoms with Crippen molar-refractivity contribution in [1.29, 1.82) is 0 Å². The quantitative estimate of drug-likeness (QED) is 0.724. The number of rotatable bonds is 1. The fourth-order valence-electron chi connectivity index (χ4n) is 1.25. The molecule has 0 radical (unpaired) electrons. The zero-order chi connectivity index (χ0) is 11.5. The van der Waals surface area contributed by atoms with Gasteiger partial charge in [-0.1, -0.05) is 18.2 Å². The van der Waals surface area contributed by atoms with Crippen LogP contribution in [0, 0.1) is 0 Å². The highest BCUT2D eigenvalue weighted by molar-refractivity contribution is 5.86. The third kappa shape index (κ3) is 1.95. The zero-order valence-corrected chi connectivity index (χ0v) is 8.18. The molecular formula is C10H8N4O2. The molecule has 0 bridgehead atoms. The van der Waals surface area contributed by atoms with Crippen LogP contribution in [0.3, 0.4) is 0 Å². The second kappa shape index (κ2) is 3.93. The minimum atomic E-state index is -0.846. The highest BCUT2D eigenvalue weighted by Gasteiger charge is 2.03. The summed E-state index contributed by atoms with van der Waals surface area (Å²) >= 11 is 0. The molecule has 1 aromatic carbocycles. The van der Waals surface area contributed by atoms with Gasteiger partial charge in [0, 0.05) is 11.6 Å². The minimum Gasteiger partial charge on any atom is -0.351 e. The van der Waals surface area contributed by atoms with Crippen molar-refractivity contribution in [3.63, 3.8) is 0 Å². The molecule has 0 atom stereocenters. The van der Waals surface area contributed by atoms with Crippen LogP contribution in [0.15, 0.2) is 35.3 Å². The van der Waals surface area contributed by atoms with Crippen LogP contribution in [-0.4, -0.2) is 16.0 Å². The summed E-state index contributed by atoms with van der Waals surface area (Å²) in [7, 11) is 0. The summed E-state index contributed by atoms with van der Waals surface area (Å²) < 4.78 is 0. The zero-order valence-electron chi connectivity index (χ0n) is 8.18. The van der Waals surface area contributed by atoms with Crippen LogP contribution >= 0.6 is 0 Å². The number of anilines is 1. The van der Waals surface area contributed by atoms with Gasteiger partial charge in [0.25, 0.3) is 0 Å². The number of para-hydroxylation sites is 1. The molecule has 1 aromatic heterocycles. The molecule has 6 heteroatoms. The summed E-state index contributed by atoms with van der Waals surface area (Å²) in [4.78, 5) is 29.8. The van der Waals surface area contributed by atoms with Gasteiger partial charge in [0.2, 0.25) is 5.82 Å². The van der Waals surface area contributed by atoms with Crippen LogP contribution in [-0.2, 0) is 0 Å². The number of carbonyl (C=O) groups is 1. The van der Waals surface area contributed by atoms with E-state index in [1.165, 1.54) is 6.20 Å². The number of nitrogens with one attached hydrogen (secondary N) is 1. The molecule has 6 nitrogen and oxygen atoms in total. The molecular weight excluding hydrogens is 208 g/mol. The van der Waals surface area contributed by atoms with Gasteiger partial charge in [0.1, 0.15) is 0 Å². The first-order chi connectivity index (χ1) is 7.66. The molecule has 0 spiro atoms. The monoisotopic (exact) mass is 216 g/mol. The number of benzene rings is 1.